The number of hydrogen-bond donors (Lipinski definition) is 2. The summed E-state index contributed by atoms with van der Waals surface area (Å²) in [5.41, 5.74) is 6.03. The summed E-state index contributed by atoms with van der Waals surface area (Å²) in [6, 6.07) is 2.17. The fraction of sp³-hybridized carbons (Fsp3) is 0.0909. The summed E-state index contributed by atoms with van der Waals surface area (Å²) in [6.45, 7) is 1.49. The van der Waals surface area contributed by atoms with Crippen molar-refractivity contribution < 1.29 is 8.78 Å². The lowest BCUT2D eigenvalue weighted by molar-refractivity contribution is 0.595. The van der Waals surface area contributed by atoms with Crippen LogP contribution in [0.5, 0.6) is 0 Å². The lowest BCUT2D eigenvalue weighted by Crippen LogP contribution is -2.01. The van der Waals surface area contributed by atoms with Crippen molar-refractivity contribution in [3.63, 3.8) is 0 Å². The lowest BCUT2D eigenvalue weighted by atomic mass is 10.2. The molecule has 1 heterocycles. The van der Waals surface area contributed by atoms with E-state index < -0.39 is 11.6 Å². The molecule has 2 rings (SSSR count). The van der Waals surface area contributed by atoms with Crippen LogP contribution in [0.25, 0.3) is 0 Å². The maximum atomic E-state index is 13.5. The Morgan fingerprint density at radius 1 is 1.12 bits per heavy atom. The van der Waals surface area contributed by atoms with Gasteiger partial charge in [0, 0.05) is 6.07 Å². The van der Waals surface area contributed by atoms with Gasteiger partial charge in [-0.2, -0.15) is 0 Å². The molecule has 0 fully saturated rings. The molecule has 3 N–H and O–H groups in total. The number of nitrogens with two attached hydrogens (primary N) is 1. The first-order chi connectivity index (χ1) is 8.06. The molecule has 17 heavy (non-hydrogen) atoms. The standard InChI is InChI=1S/C11H10F2N4/c1-6-2-9(13)10(3-8(6)12)17-11-15-4-7(14)5-16-11/h2-5H,14H2,1H3,(H,15,16,17). The second-order valence-corrected chi connectivity index (χ2v) is 3.55. The van der Waals surface area contributed by atoms with Gasteiger partial charge in [-0.3, -0.25) is 0 Å². The normalized spacial score (nSPS) is 10.3. The third kappa shape index (κ3) is 2.47. The van der Waals surface area contributed by atoms with E-state index in [9.17, 15) is 8.78 Å². The maximum absolute atomic E-state index is 13.5. The van der Waals surface area contributed by atoms with Gasteiger partial charge in [-0.15, -0.1) is 0 Å². The van der Waals surface area contributed by atoms with Gasteiger partial charge in [0.05, 0.1) is 23.8 Å². The van der Waals surface area contributed by atoms with Gasteiger partial charge in [0.15, 0.2) is 0 Å². The fourth-order valence-electron chi connectivity index (χ4n) is 1.27. The number of aryl methyl sites for hydroxylation is 1. The highest BCUT2D eigenvalue weighted by Crippen LogP contribution is 2.21. The summed E-state index contributed by atoms with van der Waals surface area (Å²) < 4.78 is 26.7. The molecule has 0 saturated carbocycles. The predicted molar refractivity (Wildman–Crippen MR) is 60.8 cm³/mol. The molecule has 1 aromatic carbocycles. The van der Waals surface area contributed by atoms with Gasteiger partial charge in [0.25, 0.3) is 0 Å². The zero-order valence-corrected chi connectivity index (χ0v) is 9.04. The van der Waals surface area contributed by atoms with E-state index in [2.05, 4.69) is 15.3 Å². The SMILES string of the molecule is Cc1cc(F)c(Nc2ncc(N)cn2)cc1F. The Hall–Kier alpha value is -2.24. The molecular formula is C11H10F2N4. The minimum absolute atomic E-state index is 0.0159. The van der Waals surface area contributed by atoms with Crippen LogP contribution in [0.4, 0.5) is 26.1 Å². The molecule has 0 atom stereocenters. The number of hydrogen-bond acceptors (Lipinski definition) is 4. The third-order valence-corrected chi connectivity index (χ3v) is 2.17. The zero-order valence-electron chi connectivity index (χ0n) is 9.04. The number of nitrogens with one attached hydrogen (secondary N) is 1. The highest BCUT2D eigenvalue weighted by molar-refractivity contribution is 5.55. The van der Waals surface area contributed by atoms with Crippen LogP contribution in [0.2, 0.25) is 0 Å². The molecule has 0 aliphatic carbocycles. The van der Waals surface area contributed by atoms with Gasteiger partial charge in [0.2, 0.25) is 5.95 Å². The molecular weight excluding hydrogens is 226 g/mol. The van der Waals surface area contributed by atoms with Crippen LogP contribution in [0.3, 0.4) is 0 Å². The first-order valence-electron chi connectivity index (χ1n) is 4.86. The minimum atomic E-state index is -0.565. The molecule has 1 aromatic heterocycles. The van der Waals surface area contributed by atoms with Crippen molar-refractivity contribution in [2.45, 2.75) is 6.92 Å². The monoisotopic (exact) mass is 236 g/mol. The molecule has 6 heteroatoms. The highest BCUT2D eigenvalue weighted by atomic mass is 19.1. The van der Waals surface area contributed by atoms with Crippen LogP contribution < -0.4 is 11.1 Å². The first kappa shape index (κ1) is 11.3. The van der Waals surface area contributed by atoms with Gasteiger partial charge in [0.1, 0.15) is 11.6 Å². The third-order valence-electron chi connectivity index (χ3n) is 2.17. The molecule has 88 valence electrons. The summed E-state index contributed by atoms with van der Waals surface area (Å²) in [7, 11) is 0. The van der Waals surface area contributed by atoms with Crippen molar-refractivity contribution >= 4 is 17.3 Å². The summed E-state index contributed by atoms with van der Waals surface area (Å²) in [5, 5.41) is 2.57. The average molecular weight is 236 g/mol. The van der Waals surface area contributed by atoms with Crippen molar-refractivity contribution in [3.05, 3.63) is 41.7 Å². The van der Waals surface area contributed by atoms with Crippen molar-refractivity contribution in [2.24, 2.45) is 0 Å². The molecule has 0 aliphatic heterocycles. The topological polar surface area (TPSA) is 63.8 Å². The second kappa shape index (κ2) is 4.32. The van der Waals surface area contributed by atoms with E-state index in [0.29, 0.717) is 5.69 Å². The first-order valence-corrected chi connectivity index (χ1v) is 4.86. The van der Waals surface area contributed by atoms with Gasteiger partial charge in [-0.1, -0.05) is 0 Å². The predicted octanol–water partition coefficient (Wildman–Crippen LogP) is 2.39. The Morgan fingerprint density at radius 3 is 2.41 bits per heavy atom. The number of nitrogen functional groups attached to an aromatic ring is 1. The molecule has 2 aromatic rings. The van der Waals surface area contributed by atoms with Gasteiger partial charge >= 0.3 is 0 Å². The Morgan fingerprint density at radius 2 is 1.76 bits per heavy atom. The van der Waals surface area contributed by atoms with Crippen molar-refractivity contribution in [2.75, 3.05) is 11.1 Å². The quantitative estimate of drug-likeness (QED) is 0.840. The van der Waals surface area contributed by atoms with Crippen molar-refractivity contribution in [1.29, 1.82) is 0 Å². The van der Waals surface area contributed by atoms with E-state index in [4.69, 9.17) is 5.73 Å². The number of anilines is 3. The molecule has 0 amide bonds. The summed E-state index contributed by atoms with van der Waals surface area (Å²) >= 11 is 0. The van der Waals surface area contributed by atoms with Gasteiger partial charge in [-0.25, -0.2) is 18.7 Å². The number of benzene rings is 1. The van der Waals surface area contributed by atoms with E-state index in [1.165, 1.54) is 19.3 Å². The number of halogens is 2. The minimum Gasteiger partial charge on any atom is -0.396 e. The maximum Gasteiger partial charge on any atom is 0.227 e. The molecule has 0 aliphatic rings. The summed E-state index contributed by atoms with van der Waals surface area (Å²) in [4.78, 5) is 7.66. The number of aromatic nitrogens is 2. The van der Waals surface area contributed by atoms with Crippen LogP contribution in [-0.4, -0.2) is 9.97 Å². The van der Waals surface area contributed by atoms with Crippen LogP contribution in [0.1, 0.15) is 5.56 Å². The van der Waals surface area contributed by atoms with Gasteiger partial charge < -0.3 is 11.1 Å². The molecule has 0 saturated heterocycles. The largest absolute Gasteiger partial charge is 0.396 e. The Balaban J connectivity index is 2.30. The van der Waals surface area contributed by atoms with Crippen molar-refractivity contribution in [1.82, 2.24) is 9.97 Å². The summed E-state index contributed by atoms with van der Waals surface area (Å²) in [6.07, 6.45) is 2.75. The van der Waals surface area contributed by atoms with E-state index in [-0.39, 0.29) is 17.2 Å². The van der Waals surface area contributed by atoms with Crippen LogP contribution in [0, 0.1) is 18.6 Å². The van der Waals surface area contributed by atoms with Crippen molar-refractivity contribution in [3.8, 4) is 0 Å². The lowest BCUT2D eigenvalue weighted by Gasteiger charge is -2.07. The molecule has 0 spiro atoms. The molecule has 4 nitrogen and oxygen atoms in total. The second-order valence-electron chi connectivity index (χ2n) is 3.55. The van der Waals surface area contributed by atoms with Crippen LogP contribution in [0.15, 0.2) is 24.5 Å². The Labute approximate surface area is 96.5 Å². The van der Waals surface area contributed by atoms with Crippen LogP contribution >= 0.6 is 0 Å². The number of nitrogens with zero attached hydrogens (tertiary/aromatic N) is 2. The molecule has 0 radical (unpaired) electrons. The van der Waals surface area contributed by atoms with E-state index in [1.54, 1.807) is 0 Å². The van der Waals surface area contributed by atoms with E-state index in [1.807, 2.05) is 0 Å². The summed E-state index contributed by atoms with van der Waals surface area (Å²) in [5.74, 6) is -0.907. The Bertz CT molecular complexity index is 540. The smallest absolute Gasteiger partial charge is 0.227 e. The highest BCUT2D eigenvalue weighted by Gasteiger charge is 2.08. The molecule has 0 unspecified atom stereocenters. The Kier molecular flexibility index (Phi) is 2.86. The van der Waals surface area contributed by atoms with Crippen LogP contribution in [-0.2, 0) is 0 Å². The fourth-order valence-corrected chi connectivity index (χ4v) is 1.27. The average Bonchev–Trinajstić information content (AvgIpc) is 2.29. The zero-order chi connectivity index (χ0) is 12.4. The van der Waals surface area contributed by atoms with E-state index in [0.717, 1.165) is 12.1 Å². The van der Waals surface area contributed by atoms with E-state index >= 15 is 0 Å². The van der Waals surface area contributed by atoms with Gasteiger partial charge in [-0.05, 0) is 18.6 Å². The molecule has 0 bridgehead atoms. The number of rotatable bonds is 2.